The summed E-state index contributed by atoms with van der Waals surface area (Å²) in [7, 11) is 0. The molecule has 1 aliphatic rings. The Morgan fingerprint density at radius 3 is 3.06 bits per heavy atom. The van der Waals surface area contributed by atoms with Gasteiger partial charge >= 0.3 is 0 Å². The number of fused-ring (bicyclic) bond motifs is 1. The second kappa shape index (κ2) is 5.54. The molecule has 1 unspecified atom stereocenters. The molecule has 0 fully saturated rings. The Hall–Kier alpha value is -1.02. The van der Waals surface area contributed by atoms with Crippen molar-refractivity contribution < 1.29 is 4.74 Å². The predicted molar refractivity (Wildman–Crippen MR) is 71.3 cm³/mol. The van der Waals surface area contributed by atoms with E-state index in [1.165, 1.54) is 17.5 Å². The van der Waals surface area contributed by atoms with Gasteiger partial charge in [-0.25, -0.2) is 0 Å². The molecule has 2 N–H and O–H groups in total. The highest BCUT2D eigenvalue weighted by molar-refractivity contribution is 5.39. The lowest BCUT2D eigenvalue weighted by Gasteiger charge is -2.23. The normalized spacial score (nSPS) is 20.8. The third kappa shape index (κ3) is 3.01. The van der Waals surface area contributed by atoms with Crippen LogP contribution >= 0.6 is 0 Å². The van der Waals surface area contributed by atoms with Crippen LogP contribution in [-0.2, 0) is 6.42 Å². The van der Waals surface area contributed by atoms with E-state index in [9.17, 15) is 0 Å². The molecule has 0 aromatic heterocycles. The van der Waals surface area contributed by atoms with Crippen molar-refractivity contribution in [1.29, 1.82) is 0 Å². The molecular weight excluding hydrogens is 210 g/mol. The largest absolute Gasteiger partial charge is 0.491 e. The van der Waals surface area contributed by atoms with E-state index >= 15 is 0 Å². The van der Waals surface area contributed by atoms with E-state index < -0.39 is 0 Å². The molecule has 0 saturated heterocycles. The van der Waals surface area contributed by atoms with Gasteiger partial charge in [0.15, 0.2) is 0 Å². The topological polar surface area (TPSA) is 35.2 Å². The number of benzene rings is 1. The molecule has 2 nitrogen and oxygen atoms in total. The molecule has 0 radical (unpaired) electrons. The highest BCUT2D eigenvalue weighted by Gasteiger charge is 2.17. The summed E-state index contributed by atoms with van der Waals surface area (Å²) in [6, 6.07) is 6.61. The Bertz CT molecular complexity index is 375. The number of hydrogen-bond acceptors (Lipinski definition) is 2. The van der Waals surface area contributed by atoms with Gasteiger partial charge in [-0.1, -0.05) is 19.4 Å². The lowest BCUT2D eigenvalue weighted by atomic mass is 9.88. The van der Waals surface area contributed by atoms with E-state index in [-0.39, 0.29) is 12.1 Å². The first kappa shape index (κ1) is 12.4. The second-order valence-corrected chi connectivity index (χ2v) is 5.08. The fourth-order valence-corrected chi connectivity index (χ4v) is 2.58. The molecular formula is C15H23NO. The Morgan fingerprint density at radius 2 is 2.29 bits per heavy atom. The van der Waals surface area contributed by atoms with Crippen LogP contribution in [0.4, 0.5) is 0 Å². The van der Waals surface area contributed by atoms with Gasteiger partial charge in [0, 0.05) is 6.04 Å². The van der Waals surface area contributed by atoms with Gasteiger partial charge in [-0.3, -0.25) is 0 Å². The summed E-state index contributed by atoms with van der Waals surface area (Å²) in [6.07, 6.45) is 6.02. The van der Waals surface area contributed by atoms with Crippen molar-refractivity contribution in [3.8, 4) is 5.75 Å². The zero-order chi connectivity index (χ0) is 12.3. The molecule has 2 rings (SSSR count). The quantitative estimate of drug-likeness (QED) is 0.862. The van der Waals surface area contributed by atoms with Crippen LogP contribution in [-0.4, -0.2) is 6.10 Å². The van der Waals surface area contributed by atoms with E-state index in [0.717, 1.165) is 31.4 Å². The summed E-state index contributed by atoms with van der Waals surface area (Å²) in [6.45, 7) is 4.31. The van der Waals surface area contributed by atoms with Gasteiger partial charge in [-0.05, 0) is 55.9 Å². The van der Waals surface area contributed by atoms with Crippen LogP contribution in [0.25, 0.3) is 0 Å². The molecule has 0 saturated carbocycles. The maximum atomic E-state index is 6.15. The van der Waals surface area contributed by atoms with Gasteiger partial charge in [0.2, 0.25) is 0 Å². The number of hydrogen-bond donors (Lipinski definition) is 1. The molecule has 0 spiro atoms. The highest BCUT2D eigenvalue weighted by Crippen LogP contribution is 2.31. The molecule has 0 bridgehead atoms. The van der Waals surface area contributed by atoms with Crippen LogP contribution < -0.4 is 10.5 Å². The second-order valence-electron chi connectivity index (χ2n) is 5.08. The predicted octanol–water partition coefficient (Wildman–Crippen LogP) is 3.59. The van der Waals surface area contributed by atoms with Crippen molar-refractivity contribution in [2.75, 3.05) is 0 Å². The fraction of sp³-hybridized carbons (Fsp3) is 0.600. The maximum Gasteiger partial charge on any atom is 0.120 e. The van der Waals surface area contributed by atoms with Gasteiger partial charge < -0.3 is 10.5 Å². The smallest absolute Gasteiger partial charge is 0.120 e. The van der Waals surface area contributed by atoms with Crippen LogP contribution in [0.15, 0.2) is 18.2 Å². The third-order valence-corrected chi connectivity index (χ3v) is 3.51. The van der Waals surface area contributed by atoms with Crippen molar-refractivity contribution in [1.82, 2.24) is 0 Å². The van der Waals surface area contributed by atoms with Gasteiger partial charge in [0.25, 0.3) is 0 Å². The monoisotopic (exact) mass is 233 g/mol. The van der Waals surface area contributed by atoms with Crippen molar-refractivity contribution in [3.05, 3.63) is 29.3 Å². The summed E-state index contributed by atoms with van der Waals surface area (Å²) in [4.78, 5) is 0. The fourth-order valence-electron chi connectivity index (χ4n) is 2.58. The summed E-state index contributed by atoms with van der Waals surface area (Å²) in [5.74, 6) is 0.974. The Balaban J connectivity index is 2.12. The summed E-state index contributed by atoms with van der Waals surface area (Å²) in [5.41, 5.74) is 8.84. The zero-order valence-electron chi connectivity index (χ0n) is 10.9. The lowest BCUT2D eigenvalue weighted by molar-refractivity contribution is 0.209. The van der Waals surface area contributed by atoms with Crippen molar-refractivity contribution in [2.24, 2.45) is 5.73 Å². The average molecular weight is 233 g/mol. The minimum Gasteiger partial charge on any atom is -0.491 e. The summed E-state index contributed by atoms with van der Waals surface area (Å²) in [5, 5.41) is 0. The standard InChI is InChI=1S/C15H23NO/c1-3-5-11(2)17-13-9-8-12-6-4-7-15(16)14(12)10-13/h8-11,15H,3-7,16H2,1-2H3/t11?,15-/m0/s1. The molecule has 17 heavy (non-hydrogen) atoms. The van der Waals surface area contributed by atoms with E-state index in [0.29, 0.717) is 0 Å². The molecule has 0 amide bonds. The summed E-state index contributed by atoms with van der Waals surface area (Å²) < 4.78 is 5.91. The third-order valence-electron chi connectivity index (χ3n) is 3.51. The van der Waals surface area contributed by atoms with Gasteiger partial charge in [0.05, 0.1) is 6.10 Å². The van der Waals surface area contributed by atoms with E-state index in [1.54, 1.807) is 0 Å². The summed E-state index contributed by atoms with van der Waals surface area (Å²) >= 11 is 0. The molecule has 94 valence electrons. The Labute approximate surface area is 104 Å². The van der Waals surface area contributed by atoms with Gasteiger partial charge in [-0.2, -0.15) is 0 Å². The minimum atomic E-state index is 0.198. The number of ether oxygens (including phenoxy) is 1. The Kier molecular flexibility index (Phi) is 4.06. The van der Waals surface area contributed by atoms with Crippen molar-refractivity contribution in [2.45, 2.75) is 58.1 Å². The number of rotatable bonds is 4. The van der Waals surface area contributed by atoms with Gasteiger partial charge in [-0.15, -0.1) is 0 Å². The van der Waals surface area contributed by atoms with E-state index in [1.807, 2.05) is 0 Å². The van der Waals surface area contributed by atoms with Crippen LogP contribution in [0, 0.1) is 0 Å². The Morgan fingerprint density at radius 1 is 1.47 bits per heavy atom. The first-order chi connectivity index (χ1) is 8.20. The van der Waals surface area contributed by atoms with Crippen LogP contribution in [0.2, 0.25) is 0 Å². The molecule has 0 aliphatic heterocycles. The first-order valence-electron chi connectivity index (χ1n) is 6.75. The maximum absolute atomic E-state index is 6.15. The SMILES string of the molecule is CCCC(C)Oc1ccc2c(c1)[C@@H](N)CCC2. The van der Waals surface area contributed by atoms with E-state index in [4.69, 9.17) is 10.5 Å². The molecule has 1 aromatic rings. The van der Waals surface area contributed by atoms with Crippen molar-refractivity contribution >= 4 is 0 Å². The zero-order valence-corrected chi connectivity index (χ0v) is 10.9. The molecule has 2 atom stereocenters. The molecule has 0 heterocycles. The van der Waals surface area contributed by atoms with Crippen LogP contribution in [0.1, 0.15) is 56.7 Å². The van der Waals surface area contributed by atoms with Gasteiger partial charge in [0.1, 0.15) is 5.75 Å². The molecule has 2 heteroatoms. The van der Waals surface area contributed by atoms with Crippen molar-refractivity contribution in [3.63, 3.8) is 0 Å². The number of aryl methyl sites for hydroxylation is 1. The lowest BCUT2D eigenvalue weighted by Crippen LogP contribution is -2.18. The van der Waals surface area contributed by atoms with Crippen LogP contribution in [0.3, 0.4) is 0 Å². The minimum absolute atomic E-state index is 0.198. The first-order valence-corrected chi connectivity index (χ1v) is 6.75. The molecule has 1 aromatic carbocycles. The average Bonchev–Trinajstić information content (AvgIpc) is 2.30. The highest BCUT2D eigenvalue weighted by atomic mass is 16.5. The molecule has 1 aliphatic carbocycles. The van der Waals surface area contributed by atoms with Crippen LogP contribution in [0.5, 0.6) is 5.75 Å². The number of nitrogens with two attached hydrogens (primary N) is 1. The van der Waals surface area contributed by atoms with E-state index in [2.05, 4.69) is 32.0 Å².